The van der Waals surface area contributed by atoms with Crippen LogP contribution in [0.2, 0.25) is 0 Å². The van der Waals surface area contributed by atoms with Gasteiger partial charge in [-0.25, -0.2) is 0 Å². The van der Waals surface area contributed by atoms with Gasteiger partial charge in [-0.1, -0.05) is 0 Å². The summed E-state index contributed by atoms with van der Waals surface area (Å²) in [6, 6.07) is 5.87. The molecule has 0 spiro atoms. The van der Waals surface area contributed by atoms with Gasteiger partial charge >= 0.3 is 0 Å². The zero-order chi connectivity index (χ0) is 13.7. The molecule has 1 aromatic carbocycles. The van der Waals surface area contributed by atoms with Crippen LogP contribution in [0.4, 0.5) is 0 Å². The monoisotopic (exact) mass is 252 g/mol. The molecule has 2 unspecified atom stereocenters. The van der Waals surface area contributed by atoms with Crippen LogP contribution < -0.4 is 10.6 Å². The smallest absolute Gasteiger partial charge is 0.253 e. The summed E-state index contributed by atoms with van der Waals surface area (Å²) in [5.41, 5.74) is 0.675. The minimum atomic E-state index is -0.935. The van der Waals surface area contributed by atoms with Gasteiger partial charge < -0.3 is 20.8 Å². The van der Waals surface area contributed by atoms with Gasteiger partial charge in [-0.05, 0) is 38.1 Å². The van der Waals surface area contributed by atoms with Crippen molar-refractivity contribution in [3.63, 3.8) is 0 Å². The van der Waals surface area contributed by atoms with Gasteiger partial charge in [0.15, 0.2) is 0 Å². The van der Waals surface area contributed by atoms with Crippen molar-refractivity contribution in [3.05, 3.63) is 35.4 Å². The number of hydrogen-bond acceptors (Lipinski definition) is 4. The number of carbonyl (C=O) groups excluding carboxylic acids is 2. The number of benzene rings is 1. The number of nitrogens with one attached hydrogen (secondary N) is 2. The maximum absolute atomic E-state index is 11.5. The summed E-state index contributed by atoms with van der Waals surface area (Å²) in [6.45, 7) is 2.87. The number of rotatable bonds is 4. The standard InChI is InChI=1S/C12H16N2O4/c1-7(15)13-11(17)9-3-5-10(6-4-9)12(18)14-8(2)16/h3-8,15-16H,1-2H3,(H,13,17)(H,14,18). The highest BCUT2D eigenvalue weighted by molar-refractivity contribution is 5.97. The molecule has 1 aromatic rings. The van der Waals surface area contributed by atoms with E-state index in [1.165, 1.54) is 38.1 Å². The molecule has 6 nitrogen and oxygen atoms in total. The summed E-state index contributed by atoms with van der Waals surface area (Å²) in [6.07, 6.45) is -1.87. The normalized spacial score (nSPS) is 13.6. The Balaban J connectivity index is 2.74. The first-order valence-electron chi connectivity index (χ1n) is 5.48. The minimum absolute atomic E-state index is 0.337. The lowest BCUT2D eigenvalue weighted by Gasteiger charge is -2.09. The van der Waals surface area contributed by atoms with Crippen molar-refractivity contribution < 1.29 is 19.8 Å². The third-order valence-electron chi connectivity index (χ3n) is 2.09. The van der Waals surface area contributed by atoms with Crippen LogP contribution >= 0.6 is 0 Å². The molecule has 0 bridgehead atoms. The van der Waals surface area contributed by atoms with Crippen molar-refractivity contribution in [2.75, 3.05) is 0 Å². The second-order valence-corrected chi connectivity index (χ2v) is 3.88. The molecule has 0 saturated carbocycles. The lowest BCUT2D eigenvalue weighted by Crippen LogP contribution is -2.33. The predicted molar refractivity (Wildman–Crippen MR) is 64.7 cm³/mol. The Morgan fingerprint density at radius 2 is 1.17 bits per heavy atom. The molecule has 0 heterocycles. The molecule has 0 aliphatic rings. The van der Waals surface area contributed by atoms with Crippen molar-refractivity contribution in [1.82, 2.24) is 10.6 Å². The predicted octanol–water partition coefficient (Wildman–Crippen LogP) is -0.177. The Labute approximate surface area is 105 Å². The Morgan fingerprint density at radius 1 is 0.889 bits per heavy atom. The van der Waals surface area contributed by atoms with Gasteiger partial charge in [0.1, 0.15) is 12.5 Å². The van der Waals surface area contributed by atoms with E-state index in [2.05, 4.69) is 10.6 Å². The highest BCUT2D eigenvalue weighted by atomic mass is 16.3. The fourth-order valence-electron chi connectivity index (χ4n) is 1.32. The maximum atomic E-state index is 11.5. The van der Waals surface area contributed by atoms with E-state index in [1.54, 1.807) is 0 Å². The molecule has 1 rings (SSSR count). The Hall–Kier alpha value is -1.92. The van der Waals surface area contributed by atoms with Crippen LogP contribution in [-0.2, 0) is 0 Å². The number of carbonyl (C=O) groups is 2. The van der Waals surface area contributed by atoms with Gasteiger partial charge in [0.2, 0.25) is 0 Å². The van der Waals surface area contributed by atoms with Gasteiger partial charge in [-0.3, -0.25) is 9.59 Å². The van der Waals surface area contributed by atoms with Crippen LogP contribution in [0, 0.1) is 0 Å². The Morgan fingerprint density at radius 3 is 1.39 bits per heavy atom. The highest BCUT2D eigenvalue weighted by Crippen LogP contribution is 2.05. The van der Waals surface area contributed by atoms with Gasteiger partial charge in [0, 0.05) is 11.1 Å². The molecular weight excluding hydrogens is 236 g/mol. The van der Waals surface area contributed by atoms with Gasteiger partial charge in [-0.2, -0.15) is 0 Å². The number of amides is 2. The third kappa shape index (κ3) is 4.15. The quantitative estimate of drug-likeness (QED) is 0.559. The fourth-order valence-corrected chi connectivity index (χ4v) is 1.32. The molecule has 0 radical (unpaired) electrons. The zero-order valence-corrected chi connectivity index (χ0v) is 10.2. The molecule has 98 valence electrons. The van der Waals surface area contributed by atoms with Crippen LogP contribution in [0.5, 0.6) is 0 Å². The largest absolute Gasteiger partial charge is 0.374 e. The van der Waals surface area contributed by atoms with E-state index in [-0.39, 0.29) is 0 Å². The van der Waals surface area contributed by atoms with Crippen molar-refractivity contribution in [3.8, 4) is 0 Å². The molecule has 2 atom stereocenters. The number of hydrogen-bond donors (Lipinski definition) is 4. The lowest BCUT2D eigenvalue weighted by molar-refractivity contribution is 0.0803. The first-order chi connectivity index (χ1) is 8.40. The summed E-state index contributed by atoms with van der Waals surface area (Å²) in [4.78, 5) is 23.0. The van der Waals surface area contributed by atoms with E-state index in [0.29, 0.717) is 11.1 Å². The van der Waals surface area contributed by atoms with Gasteiger partial charge in [-0.15, -0.1) is 0 Å². The summed E-state index contributed by atoms with van der Waals surface area (Å²) in [5.74, 6) is -0.847. The lowest BCUT2D eigenvalue weighted by atomic mass is 10.1. The van der Waals surface area contributed by atoms with Crippen molar-refractivity contribution in [2.24, 2.45) is 0 Å². The van der Waals surface area contributed by atoms with E-state index in [1.807, 2.05) is 0 Å². The first-order valence-corrected chi connectivity index (χ1v) is 5.48. The molecule has 0 aliphatic carbocycles. The van der Waals surface area contributed by atoms with E-state index in [4.69, 9.17) is 10.2 Å². The Kier molecular flexibility index (Phi) is 4.82. The summed E-state index contributed by atoms with van der Waals surface area (Å²) in [7, 11) is 0. The molecule has 18 heavy (non-hydrogen) atoms. The third-order valence-corrected chi connectivity index (χ3v) is 2.09. The first kappa shape index (κ1) is 14.1. The molecule has 0 saturated heterocycles. The van der Waals surface area contributed by atoms with Crippen LogP contribution in [-0.4, -0.2) is 34.5 Å². The minimum Gasteiger partial charge on any atom is -0.374 e. The van der Waals surface area contributed by atoms with Crippen LogP contribution in [0.1, 0.15) is 34.6 Å². The van der Waals surface area contributed by atoms with Crippen molar-refractivity contribution in [1.29, 1.82) is 0 Å². The average Bonchev–Trinajstić information content (AvgIpc) is 2.27. The van der Waals surface area contributed by atoms with E-state index < -0.39 is 24.3 Å². The zero-order valence-electron chi connectivity index (χ0n) is 10.2. The van der Waals surface area contributed by atoms with E-state index in [0.717, 1.165) is 0 Å². The number of aliphatic hydroxyl groups excluding tert-OH is 2. The van der Waals surface area contributed by atoms with Crippen molar-refractivity contribution >= 4 is 11.8 Å². The second-order valence-electron chi connectivity index (χ2n) is 3.88. The topological polar surface area (TPSA) is 98.7 Å². The maximum Gasteiger partial charge on any atom is 0.253 e. The molecule has 2 amide bonds. The van der Waals surface area contributed by atoms with Crippen LogP contribution in [0.15, 0.2) is 24.3 Å². The molecule has 0 aromatic heterocycles. The average molecular weight is 252 g/mol. The van der Waals surface area contributed by atoms with E-state index >= 15 is 0 Å². The summed E-state index contributed by atoms with van der Waals surface area (Å²) < 4.78 is 0. The summed E-state index contributed by atoms with van der Waals surface area (Å²) >= 11 is 0. The molecule has 0 aliphatic heterocycles. The molecule has 6 heteroatoms. The van der Waals surface area contributed by atoms with Crippen molar-refractivity contribution in [2.45, 2.75) is 26.3 Å². The van der Waals surface area contributed by atoms with Gasteiger partial charge in [0.25, 0.3) is 11.8 Å². The number of aliphatic hydroxyl groups is 2. The second kappa shape index (κ2) is 6.13. The Bertz CT molecular complexity index is 385. The SMILES string of the molecule is CC(O)NC(=O)c1ccc(C(=O)NC(C)O)cc1. The molecule has 4 N–H and O–H groups in total. The molecule has 0 fully saturated rings. The van der Waals surface area contributed by atoms with Crippen LogP contribution in [0.25, 0.3) is 0 Å². The summed E-state index contributed by atoms with van der Waals surface area (Å²) in [5, 5.41) is 22.6. The highest BCUT2D eigenvalue weighted by Gasteiger charge is 2.10. The van der Waals surface area contributed by atoms with E-state index in [9.17, 15) is 9.59 Å². The molecular formula is C12H16N2O4. The van der Waals surface area contributed by atoms with Gasteiger partial charge in [0.05, 0.1) is 0 Å². The van der Waals surface area contributed by atoms with Crippen LogP contribution in [0.3, 0.4) is 0 Å². The fraction of sp³-hybridized carbons (Fsp3) is 0.333.